The Morgan fingerprint density at radius 1 is 1.35 bits per heavy atom. The van der Waals surface area contributed by atoms with Crippen LogP contribution in [0.4, 0.5) is 17.6 Å². The Balaban J connectivity index is 2.18. The molecule has 4 nitrogen and oxygen atoms in total. The lowest BCUT2D eigenvalue weighted by Crippen LogP contribution is -2.24. The second-order valence-corrected chi connectivity index (χ2v) is 3.95. The van der Waals surface area contributed by atoms with Crippen molar-refractivity contribution in [2.45, 2.75) is 12.7 Å². The molecule has 0 aliphatic heterocycles. The number of hydrogen-bond acceptors (Lipinski definition) is 2. The van der Waals surface area contributed by atoms with Gasteiger partial charge in [0.2, 0.25) is 0 Å². The van der Waals surface area contributed by atoms with Crippen LogP contribution < -0.4 is 5.32 Å². The van der Waals surface area contributed by atoms with Crippen molar-refractivity contribution in [2.24, 2.45) is 0 Å². The van der Waals surface area contributed by atoms with E-state index in [4.69, 9.17) is 0 Å². The number of aromatic amines is 1. The largest absolute Gasteiger partial charge is 0.419 e. The number of nitrogens with one attached hydrogen (secondary N) is 2. The van der Waals surface area contributed by atoms with Crippen molar-refractivity contribution in [1.29, 1.82) is 0 Å². The van der Waals surface area contributed by atoms with Gasteiger partial charge in [-0.3, -0.25) is 9.89 Å². The average Bonchev–Trinajstić information content (AvgIpc) is 2.88. The number of aromatic nitrogens is 2. The first-order valence-corrected chi connectivity index (χ1v) is 5.51. The van der Waals surface area contributed by atoms with Crippen molar-refractivity contribution in [3.05, 3.63) is 53.1 Å². The van der Waals surface area contributed by atoms with Gasteiger partial charge in [-0.2, -0.15) is 18.3 Å². The van der Waals surface area contributed by atoms with Gasteiger partial charge < -0.3 is 5.32 Å². The van der Waals surface area contributed by atoms with Crippen molar-refractivity contribution < 1.29 is 22.4 Å². The van der Waals surface area contributed by atoms with Gasteiger partial charge in [0, 0.05) is 18.3 Å². The Hall–Kier alpha value is -2.38. The summed E-state index contributed by atoms with van der Waals surface area (Å²) in [5.41, 5.74) is -1.50. The van der Waals surface area contributed by atoms with E-state index in [2.05, 4.69) is 15.5 Å². The minimum absolute atomic E-state index is 0.0328. The second kappa shape index (κ2) is 5.32. The zero-order chi connectivity index (χ0) is 14.8. The highest BCUT2D eigenvalue weighted by Gasteiger charge is 2.35. The first kappa shape index (κ1) is 14.0. The number of carbonyl (C=O) groups excluding carboxylic acids is 1. The van der Waals surface area contributed by atoms with Crippen LogP contribution in [0.5, 0.6) is 0 Å². The van der Waals surface area contributed by atoms with E-state index in [1.54, 1.807) is 0 Å². The number of nitrogens with zero attached hydrogens (tertiary/aromatic N) is 1. The first-order valence-electron chi connectivity index (χ1n) is 5.51. The molecule has 0 saturated carbocycles. The third-order valence-corrected chi connectivity index (χ3v) is 2.56. The third-order valence-electron chi connectivity index (χ3n) is 2.56. The van der Waals surface area contributed by atoms with Crippen LogP contribution in [-0.2, 0) is 12.7 Å². The number of alkyl halides is 3. The third kappa shape index (κ3) is 2.95. The molecule has 20 heavy (non-hydrogen) atoms. The van der Waals surface area contributed by atoms with Gasteiger partial charge in [-0.05, 0) is 12.1 Å². The highest BCUT2D eigenvalue weighted by atomic mass is 19.4. The predicted molar refractivity (Wildman–Crippen MR) is 61.2 cm³/mol. The number of rotatable bonds is 3. The normalized spacial score (nSPS) is 11.4. The monoisotopic (exact) mass is 287 g/mol. The summed E-state index contributed by atoms with van der Waals surface area (Å²) in [6.45, 7) is 0.0328. The van der Waals surface area contributed by atoms with E-state index < -0.39 is 29.0 Å². The smallest absolute Gasteiger partial charge is 0.348 e. The van der Waals surface area contributed by atoms with Gasteiger partial charge in [-0.15, -0.1) is 0 Å². The summed E-state index contributed by atoms with van der Waals surface area (Å²) in [5, 5.41) is 8.46. The highest BCUT2D eigenvalue weighted by Crippen LogP contribution is 2.32. The van der Waals surface area contributed by atoms with E-state index in [1.807, 2.05) is 0 Å². The van der Waals surface area contributed by atoms with Crippen LogP contribution in [0.25, 0.3) is 0 Å². The van der Waals surface area contributed by atoms with Crippen molar-refractivity contribution in [1.82, 2.24) is 15.5 Å². The van der Waals surface area contributed by atoms with Crippen molar-refractivity contribution in [2.75, 3.05) is 0 Å². The molecule has 1 aromatic heterocycles. The number of amides is 1. The molecular formula is C12H9F4N3O. The number of H-pyrrole nitrogens is 1. The van der Waals surface area contributed by atoms with Crippen LogP contribution in [0.15, 0.2) is 30.6 Å². The molecule has 0 unspecified atom stereocenters. The van der Waals surface area contributed by atoms with Crippen LogP contribution in [0.1, 0.15) is 21.5 Å². The maximum absolute atomic E-state index is 13.7. The average molecular weight is 287 g/mol. The van der Waals surface area contributed by atoms with Crippen LogP contribution in [0.2, 0.25) is 0 Å². The summed E-state index contributed by atoms with van der Waals surface area (Å²) in [7, 11) is 0. The van der Waals surface area contributed by atoms with Gasteiger partial charge in [0.15, 0.2) is 0 Å². The zero-order valence-corrected chi connectivity index (χ0v) is 9.96. The maximum Gasteiger partial charge on any atom is 0.419 e. The lowest BCUT2D eigenvalue weighted by Gasteiger charge is -2.11. The van der Waals surface area contributed by atoms with E-state index in [-0.39, 0.29) is 6.54 Å². The molecule has 0 bridgehead atoms. The van der Waals surface area contributed by atoms with Crippen LogP contribution in [0, 0.1) is 5.82 Å². The molecule has 0 aliphatic carbocycles. The number of benzene rings is 1. The molecule has 1 heterocycles. The molecule has 0 fully saturated rings. The molecule has 1 amide bonds. The Kier molecular flexibility index (Phi) is 3.73. The van der Waals surface area contributed by atoms with Crippen LogP contribution in [-0.4, -0.2) is 16.1 Å². The quantitative estimate of drug-likeness (QED) is 0.852. The molecule has 0 radical (unpaired) electrons. The summed E-state index contributed by atoms with van der Waals surface area (Å²) >= 11 is 0. The van der Waals surface area contributed by atoms with Gasteiger partial charge in [-0.25, -0.2) is 4.39 Å². The highest BCUT2D eigenvalue weighted by molar-refractivity contribution is 5.94. The molecule has 1 aromatic carbocycles. The summed E-state index contributed by atoms with van der Waals surface area (Å²) in [6, 6.07) is 2.57. The van der Waals surface area contributed by atoms with Gasteiger partial charge in [0.05, 0.1) is 17.3 Å². The molecule has 106 valence electrons. The minimum atomic E-state index is -4.84. The van der Waals surface area contributed by atoms with Gasteiger partial charge >= 0.3 is 6.18 Å². The van der Waals surface area contributed by atoms with Gasteiger partial charge in [-0.1, -0.05) is 6.07 Å². The Bertz CT molecular complexity index is 608. The standard InChI is InChI=1S/C12H9F4N3O/c13-10-8(2-1-3-9(10)12(14,15)16)11(20)17-4-7-5-18-19-6-7/h1-3,5-6H,4H2,(H,17,20)(H,18,19). The topological polar surface area (TPSA) is 57.8 Å². The van der Waals surface area contributed by atoms with E-state index in [9.17, 15) is 22.4 Å². The molecule has 2 N–H and O–H groups in total. The summed E-state index contributed by atoms with van der Waals surface area (Å²) < 4.78 is 51.2. The molecule has 0 atom stereocenters. The number of carbonyl (C=O) groups is 1. The van der Waals surface area contributed by atoms with E-state index in [0.717, 1.165) is 12.1 Å². The molecule has 0 aliphatic rings. The van der Waals surface area contributed by atoms with E-state index in [1.165, 1.54) is 12.4 Å². The van der Waals surface area contributed by atoms with Crippen LogP contribution in [0.3, 0.4) is 0 Å². The van der Waals surface area contributed by atoms with E-state index >= 15 is 0 Å². The molecule has 2 aromatic rings. The summed E-state index contributed by atoms with van der Waals surface area (Å²) in [5.74, 6) is -2.50. The molecule has 2 rings (SSSR count). The lowest BCUT2D eigenvalue weighted by atomic mass is 10.1. The van der Waals surface area contributed by atoms with Crippen molar-refractivity contribution in [3.8, 4) is 0 Å². The summed E-state index contributed by atoms with van der Waals surface area (Å²) in [6.07, 6.45) is -1.91. The fourth-order valence-electron chi connectivity index (χ4n) is 1.58. The number of hydrogen-bond donors (Lipinski definition) is 2. The fourth-order valence-corrected chi connectivity index (χ4v) is 1.58. The first-order chi connectivity index (χ1) is 9.39. The van der Waals surface area contributed by atoms with Crippen molar-refractivity contribution in [3.63, 3.8) is 0 Å². The second-order valence-electron chi connectivity index (χ2n) is 3.95. The summed E-state index contributed by atoms with van der Waals surface area (Å²) in [4.78, 5) is 11.7. The Morgan fingerprint density at radius 3 is 2.70 bits per heavy atom. The van der Waals surface area contributed by atoms with Crippen molar-refractivity contribution >= 4 is 5.91 Å². The molecule has 0 saturated heterocycles. The Morgan fingerprint density at radius 2 is 2.10 bits per heavy atom. The lowest BCUT2D eigenvalue weighted by molar-refractivity contribution is -0.140. The SMILES string of the molecule is O=C(NCc1cn[nH]c1)c1cccc(C(F)(F)F)c1F. The predicted octanol–water partition coefficient (Wildman–Crippen LogP) is 2.50. The maximum atomic E-state index is 13.7. The molecular weight excluding hydrogens is 278 g/mol. The zero-order valence-electron chi connectivity index (χ0n) is 9.96. The van der Waals surface area contributed by atoms with Gasteiger partial charge in [0.1, 0.15) is 5.82 Å². The molecule has 8 heteroatoms. The number of halogens is 4. The Labute approximate surface area is 110 Å². The van der Waals surface area contributed by atoms with Gasteiger partial charge in [0.25, 0.3) is 5.91 Å². The molecule has 0 spiro atoms. The minimum Gasteiger partial charge on any atom is -0.348 e. The fraction of sp³-hybridized carbons (Fsp3) is 0.167. The van der Waals surface area contributed by atoms with Crippen LogP contribution >= 0.6 is 0 Å². The van der Waals surface area contributed by atoms with E-state index in [0.29, 0.717) is 11.6 Å².